The minimum atomic E-state index is -1.67. The predicted octanol–water partition coefficient (Wildman–Crippen LogP) is 0.332. The van der Waals surface area contributed by atoms with E-state index in [2.05, 4.69) is 26.8 Å². The molecule has 23 atom stereocenters. The van der Waals surface area contributed by atoms with Crippen LogP contribution in [0.5, 0.6) is 0 Å². The predicted molar refractivity (Wildman–Crippen MR) is 184 cm³/mol. The Morgan fingerprint density at radius 2 is 1.60 bits per heavy atom. The number of rotatable bonds is 5. The van der Waals surface area contributed by atoms with E-state index >= 15 is 0 Å². The Morgan fingerprint density at radius 3 is 2.32 bits per heavy atom. The Kier molecular flexibility index (Phi) is 10.3. The van der Waals surface area contributed by atoms with Crippen molar-refractivity contribution >= 4 is 0 Å². The lowest BCUT2D eigenvalue weighted by molar-refractivity contribution is -0.374. The lowest BCUT2D eigenvalue weighted by Crippen LogP contribution is -2.65. The molecule has 8 aliphatic rings. The van der Waals surface area contributed by atoms with Crippen molar-refractivity contribution in [1.29, 1.82) is 0 Å². The van der Waals surface area contributed by atoms with E-state index in [0.29, 0.717) is 37.2 Å². The number of aliphatic hydroxyl groups excluding tert-OH is 8. The first kappa shape index (κ1) is 39.0. The molecule has 0 amide bonds. The van der Waals surface area contributed by atoms with Gasteiger partial charge in [0.15, 0.2) is 18.4 Å². The first-order valence-electron chi connectivity index (χ1n) is 20.0. The second kappa shape index (κ2) is 13.9. The zero-order valence-corrected chi connectivity index (χ0v) is 31.5. The van der Waals surface area contributed by atoms with Crippen molar-refractivity contribution in [1.82, 2.24) is 0 Å². The lowest BCUT2D eigenvalue weighted by Gasteiger charge is -2.60. The second-order valence-electron chi connectivity index (χ2n) is 18.5. The molecule has 4 aliphatic heterocycles. The normalized spacial score (nSPS) is 59.5. The summed E-state index contributed by atoms with van der Waals surface area (Å²) in [6.45, 7) is 10.3. The molecule has 1 spiro atoms. The molecular formula is C39H62O14. The van der Waals surface area contributed by atoms with Crippen LogP contribution in [0.15, 0.2) is 11.6 Å². The molecule has 14 heteroatoms. The Morgan fingerprint density at radius 1 is 0.849 bits per heavy atom. The second-order valence-corrected chi connectivity index (χ2v) is 18.5. The maximum atomic E-state index is 11.3. The highest BCUT2D eigenvalue weighted by Crippen LogP contribution is 2.71. The number of fused-ring (bicyclic) bond motifs is 7. The van der Waals surface area contributed by atoms with Gasteiger partial charge in [-0.15, -0.1) is 0 Å². The average Bonchev–Trinajstić information content (AvgIpc) is 3.56. The summed E-state index contributed by atoms with van der Waals surface area (Å²) in [6, 6.07) is 0. The van der Waals surface area contributed by atoms with Gasteiger partial charge in [-0.05, 0) is 68.1 Å². The van der Waals surface area contributed by atoms with E-state index in [1.165, 1.54) is 6.92 Å². The molecule has 23 unspecified atom stereocenters. The van der Waals surface area contributed by atoms with Gasteiger partial charge in [0, 0.05) is 30.1 Å². The molecule has 8 N–H and O–H groups in total. The van der Waals surface area contributed by atoms with Crippen molar-refractivity contribution in [3.63, 3.8) is 0 Å². The van der Waals surface area contributed by atoms with Gasteiger partial charge in [0.2, 0.25) is 0 Å². The molecule has 0 radical (unpaired) electrons. The third kappa shape index (κ3) is 5.95. The van der Waals surface area contributed by atoms with Gasteiger partial charge in [-0.1, -0.05) is 39.3 Å². The van der Waals surface area contributed by atoms with E-state index in [9.17, 15) is 40.9 Å². The molecule has 4 heterocycles. The summed E-state index contributed by atoms with van der Waals surface area (Å²) in [5.74, 6) is 0.632. The topological polar surface area (TPSA) is 217 Å². The highest BCUT2D eigenvalue weighted by Gasteiger charge is 2.70. The van der Waals surface area contributed by atoms with Crippen LogP contribution in [0.25, 0.3) is 0 Å². The highest BCUT2D eigenvalue weighted by atomic mass is 16.8. The standard InChI is InChI=1S/C39H62O14/c1-16-15-48-39(13-24(16)42)17(2)28-25(53-39)12-23-21-7-6-19-10-20(41)11-27(38(19,5)22(21)8-9-37(23,28)4)51-36-34(32(46)30(44)26(14-40)50-36)52-35-33(47)31(45)29(43)18(3)49-35/h6,16-18,20-36,40-47H,7-15H2,1-5H3. The van der Waals surface area contributed by atoms with Crippen LogP contribution in [0, 0.1) is 46.3 Å². The molecule has 302 valence electrons. The van der Waals surface area contributed by atoms with Gasteiger partial charge in [-0.2, -0.15) is 0 Å². The van der Waals surface area contributed by atoms with E-state index in [1.54, 1.807) is 0 Å². The van der Waals surface area contributed by atoms with E-state index in [-0.39, 0.29) is 35.7 Å². The number of allylic oxidation sites excluding steroid dienone is 1. The van der Waals surface area contributed by atoms with Crippen LogP contribution in [-0.2, 0) is 28.4 Å². The molecule has 4 saturated heterocycles. The lowest BCUT2D eigenvalue weighted by atomic mass is 9.46. The summed E-state index contributed by atoms with van der Waals surface area (Å²) in [5, 5.41) is 85.8. The van der Waals surface area contributed by atoms with Crippen LogP contribution in [0.2, 0.25) is 0 Å². The molecular weight excluding hydrogens is 692 g/mol. The van der Waals surface area contributed by atoms with Gasteiger partial charge in [0.1, 0.15) is 42.7 Å². The average molecular weight is 755 g/mol. The molecule has 4 aliphatic carbocycles. The Bertz CT molecular complexity index is 1380. The van der Waals surface area contributed by atoms with Crippen molar-refractivity contribution in [2.75, 3.05) is 13.2 Å². The third-order valence-electron chi connectivity index (χ3n) is 15.8. The monoisotopic (exact) mass is 754 g/mol. The van der Waals surface area contributed by atoms with E-state index in [0.717, 1.165) is 31.3 Å². The molecule has 0 bridgehead atoms. The number of ether oxygens (including phenoxy) is 6. The zero-order valence-electron chi connectivity index (χ0n) is 31.5. The van der Waals surface area contributed by atoms with Gasteiger partial charge in [0.05, 0.1) is 43.7 Å². The fourth-order valence-corrected chi connectivity index (χ4v) is 12.6. The van der Waals surface area contributed by atoms with Crippen LogP contribution in [0.3, 0.4) is 0 Å². The van der Waals surface area contributed by atoms with Crippen molar-refractivity contribution in [3.05, 3.63) is 11.6 Å². The van der Waals surface area contributed by atoms with Crippen LogP contribution in [-0.4, -0.2) is 146 Å². The van der Waals surface area contributed by atoms with Crippen LogP contribution < -0.4 is 0 Å². The van der Waals surface area contributed by atoms with Gasteiger partial charge >= 0.3 is 0 Å². The summed E-state index contributed by atoms with van der Waals surface area (Å²) in [4.78, 5) is 0. The van der Waals surface area contributed by atoms with Crippen LogP contribution in [0.4, 0.5) is 0 Å². The van der Waals surface area contributed by atoms with Gasteiger partial charge < -0.3 is 69.3 Å². The fraction of sp³-hybridized carbons (Fsp3) is 0.949. The summed E-state index contributed by atoms with van der Waals surface area (Å²) < 4.78 is 37.9. The van der Waals surface area contributed by atoms with Crippen molar-refractivity contribution in [3.8, 4) is 0 Å². The number of aliphatic hydroxyl groups is 8. The van der Waals surface area contributed by atoms with Gasteiger partial charge in [-0.3, -0.25) is 0 Å². The van der Waals surface area contributed by atoms with E-state index < -0.39 is 97.5 Å². The smallest absolute Gasteiger partial charge is 0.187 e. The summed E-state index contributed by atoms with van der Waals surface area (Å²) >= 11 is 0. The number of hydrogen-bond acceptors (Lipinski definition) is 14. The molecule has 53 heavy (non-hydrogen) atoms. The Balaban J connectivity index is 1.06. The first-order chi connectivity index (χ1) is 25.0. The minimum absolute atomic E-state index is 0.00842. The number of hydrogen-bond donors (Lipinski definition) is 8. The molecule has 14 nitrogen and oxygen atoms in total. The summed E-state index contributed by atoms with van der Waals surface area (Å²) in [5.41, 5.74) is 0.603. The molecule has 0 aromatic carbocycles. The first-order valence-corrected chi connectivity index (χ1v) is 20.0. The molecule has 0 aromatic heterocycles. The molecule has 3 saturated carbocycles. The molecule has 7 fully saturated rings. The molecule has 8 rings (SSSR count). The SMILES string of the molecule is CC1COC2(CC1O)OC1CC3C4CC=C5CC(O)CC(OC6OC(CO)C(O)C(O)C6OC6OC(C)C(O)C(O)C6O)C5(C)C4CCC3(C)C1C2C. The fourth-order valence-electron chi connectivity index (χ4n) is 12.6. The van der Waals surface area contributed by atoms with Crippen LogP contribution >= 0.6 is 0 Å². The van der Waals surface area contributed by atoms with Gasteiger partial charge in [-0.25, -0.2) is 0 Å². The Labute approximate surface area is 311 Å². The maximum absolute atomic E-state index is 11.3. The molecule has 0 aromatic rings. The van der Waals surface area contributed by atoms with Crippen molar-refractivity contribution < 1.29 is 69.3 Å². The minimum Gasteiger partial charge on any atom is -0.394 e. The highest BCUT2D eigenvalue weighted by molar-refractivity contribution is 5.29. The van der Waals surface area contributed by atoms with Crippen LogP contribution in [0.1, 0.15) is 79.6 Å². The summed E-state index contributed by atoms with van der Waals surface area (Å²) in [7, 11) is 0. The van der Waals surface area contributed by atoms with E-state index in [1.807, 2.05) is 6.92 Å². The quantitative estimate of drug-likeness (QED) is 0.178. The maximum Gasteiger partial charge on any atom is 0.187 e. The largest absolute Gasteiger partial charge is 0.394 e. The van der Waals surface area contributed by atoms with Gasteiger partial charge in [0.25, 0.3) is 0 Å². The van der Waals surface area contributed by atoms with Crippen molar-refractivity contribution in [2.45, 2.75) is 171 Å². The van der Waals surface area contributed by atoms with Crippen molar-refractivity contribution in [2.24, 2.45) is 46.3 Å². The third-order valence-corrected chi connectivity index (χ3v) is 15.8. The van der Waals surface area contributed by atoms with E-state index in [4.69, 9.17) is 28.4 Å². The summed E-state index contributed by atoms with van der Waals surface area (Å²) in [6.07, 6.45) is -8.65. The Hall–Kier alpha value is -0.820. The zero-order chi connectivity index (χ0) is 37.9.